The van der Waals surface area contributed by atoms with Crippen LogP contribution < -0.4 is 0 Å². The summed E-state index contributed by atoms with van der Waals surface area (Å²) in [6, 6.07) is 0. The first-order valence-corrected chi connectivity index (χ1v) is 7.44. The van der Waals surface area contributed by atoms with Gasteiger partial charge in [-0.25, -0.2) is 0 Å². The molecule has 0 N–H and O–H groups in total. The van der Waals surface area contributed by atoms with Crippen molar-refractivity contribution in [2.75, 3.05) is 12.3 Å². The number of hydrogen-bond acceptors (Lipinski definition) is 2. The summed E-state index contributed by atoms with van der Waals surface area (Å²) in [7, 11) is 0. The molecule has 15 heavy (non-hydrogen) atoms. The van der Waals surface area contributed by atoms with Crippen LogP contribution in [0.3, 0.4) is 0 Å². The number of hydrogen-bond donors (Lipinski definition) is 0. The molecule has 0 aromatic carbocycles. The zero-order chi connectivity index (χ0) is 10.8. The topological polar surface area (TPSA) is 3.24 Å². The summed E-state index contributed by atoms with van der Waals surface area (Å²) in [6.45, 7) is 3.53. The minimum atomic E-state index is 1.18. The Hall–Kier alpha value is -0.110. The molecule has 0 aromatic heterocycles. The van der Waals surface area contributed by atoms with Gasteiger partial charge in [-0.3, -0.25) is 0 Å². The van der Waals surface area contributed by atoms with Crippen molar-refractivity contribution in [3.05, 3.63) is 12.3 Å². The molecule has 1 nitrogen and oxygen atoms in total. The molecule has 0 aromatic rings. The van der Waals surface area contributed by atoms with Crippen LogP contribution >= 0.6 is 11.9 Å². The van der Waals surface area contributed by atoms with Crippen LogP contribution in [-0.4, -0.2) is 16.6 Å². The fourth-order valence-electron chi connectivity index (χ4n) is 1.88. The molecule has 2 heteroatoms. The highest BCUT2D eigenvalue weighted by Gasteiger charge is 2.03. The Labute approximate surface area is 99.4 Å². The highest BCUT2D eigenvalue weighted by atomic mass is 32.2. The van der Waals surface area contributed by atoms with Crippen LogP contribution in [0, 0.1) is 0 Å². The third-order valence-electron chi connectivity index (χ3n) is 2.84. The van der Waals surface area contributed by atoms with Crippen molar-refractivity contribution in [1.82, 2.24) is 4.31 Å². The van der Waals surface area contributed by atoms with Crippen molar-refractivity contribution < 1.29 is 0 Å². The normalized spacial score (nSPS) is 15.1. The average Bonchev–Trinajstić information content (AvgIpc) is 2.75. The third-order valence-corrected chi connectivity index (χ3v) is 3.82. The Morgan fingerprint density at radius 3 is 2.27 bits per heavy atom. The molecule has 1 aliphatic rings. The maximum atomic E-state index is 2.37. The van der Waals surface area contributed by atoms with Crippen LogP contribution in [0.4, 0.5) is 0 Å². The molecule has 0 spiro atoms. The molecule has 1 heterocycles. The first kappa shape index (κ1) is 13.0. The molecule has 0 radical (unpaired) electrons. The first-order valence-electron chi connectivity index (χ1n) is 6.49. The third kappa shape index (κ3) is 6.88. The quantitative estimate of drug-likeness (QED) is 0.418. The molecule has 88 valence electrons. The SMILES string of the molecule is CCCCCCCCCCN1C=CCS1. The van der Waals surface area contributed by atoms with Crippen molar-refractivity contribution in [1.29, 1.82) is 0 Å². The van der Waals surface area contributed by atoms with Crippen molar-refractivity contribution in [2.24, 2.45) is 0 Å². The van der Waals surface area contributed by atoms with Gasteiger partial charge in [-0.2, -0.15) is 0 Å². The molecular formula is C13H25NS. The van der Waals surface area contributed by atoms with Crippen molar-refractivity contribution in [3.8, 4) is 0 Å². The minimum absolute atomic E-state index is 1.18. The largest absolute Gasteiger partial charge is 0.323 e. The fourth-order valence-corrected chi connectivity index (χ4v) is 2.68. The van der Waals surface area contributed by atoms with Crippen LogP contribution in [-0.2, 0) is 0 Å². The monoisotopic (exact) mass is 227 g/mol. The molecule has 0 atom stereocenters. The van der Waals surface area contributed by atoms with E-state index in [-0.39, 0.29) is 0 Å². The summed E-state index contributed by atoms with van der Waals surface area (Å²) in [6.07, 6.45) is 15.8. The average molecular weight is 227 g/mol. The standard InChI is InChI=1S/C13H25NS/c1-2-3-4-5-6-7-8-9-11-14-12-10-13-15-14/h10,12H,2-9,11,13H2,1H3. The van der Waals surface area contributed by atoms with Crippen LogP contribution in [0.5, 0.6) is 0 Å². The van der Waals surface area contributed by atoms with Gasteiger partial charge in [0.1, 0.15) is 0 Å². The summed E-state index contributed by atoms with van der Waals surface area (Å²) in [5.74, 6) is 1.18. The fraction of sp³-hybridized carbons (Fsp3) is 0.846. The van der Waals surface area contributed by atoms with Crippen LogP contribution in [0.15, 0.2) is 12.3 Å². The van der Waals surface area contributed by atoms with E-state index in [9.17, 15) is 0 Å². The van der Waals surface area contributed by atoms with Crippen molar-refractivity contribution in [2.45, 2.75) is 58.3 Å². The zero-order valence-electron chi connectivity index (χ0n) is 10.1. The van der Waals surface area contributed by atoms with E-state index < -0.39 is 0 Å². The maximum absolute atomic E-state index is 2.37. The summed E-state index contributed by atoms with van der Waals surface area (Å²) in [5, 5.41) is 0. The lowest BCUT2D eigenvalue weighted by Gasteiger charge is -2.12. The molecular weight excluding hydrogens is 202 g/mol. The van der Waals surface area contributed by atoms with E-state index in [1.165, 1.54) is 63.7 Å². The lowest BCUT2D eigenvalue weighted by molar-refractivity contribution is 0.530. The Balaban J connectivity index is 1.75. The van der Waals surface area contributed by atoms with Crippen LogP contribution in [0.25, 0.3) is 0 Å². The van der Waals surface area contributed by atoms with Crippen molar-refractivity contribution >= 4 is 11.9 Å². The molecule has 0 unspecified atom stereocenters. The second kappa shape index (κ2) is 9.14. The molecule has 1 rings (SSSR count). The van der Waals surface area contributed by atoms with Gasteiger partial charge in [-0.15, -0.1) is 0 Å². The predicted molar refractivity (Wildman–Crippen MR) is 70.9 cm³/mol. The van der Waals surface area contributed by atoms with Gasteiger partial charge in [0.2, 0.25) is 0 Å². The lowest BCUT2D eigenvalue weighted by Crippen LogP contribution is -2.06. The summed E-state index contributed by atoms with van der Waals surface area (Å²) >= 11 is 1.94. The van der Waals surface area contributed by atoms with E-state index in [0.717, 1.165) is 0 Å². The second-order valence-electron chi connectivity index (χ2n) is 4.30. The lowest BCUT2D eigenvalue weighted by atomic mass is 10.1. The van der Waals surface area contributed by atoms with E-state index in [1.54, 1.807) is 0 Å². The van der Waals surface area contributed by atoms with Gasteiger partial charge in [0.15, 0.2) is 0 Å². The molecule has 1 aliphatic heterocycles. The summed E-state index contributed by atoms with van der Waals surface area (Å²) in [5.41, 5.74) is 0. The Kier molecular flexibility index (Phi) is 7.90. The molecule has 0 amide bonds. The first-order chi connectivity index (χ1) is 7.43. The van der Waals surface area contributed by atoms with Gasteiger partial charge in [0.25, 0.3) is 0 Å². The highest BCUT2D eigenvalue weighted by Crippen LogP contribution is 2.18. The maximum Gasteiger partial charge on any atom is 0.0331 e. The summed E-state index contributed by atoms with van der Waals surface area (Å²) in [4.78, 5) is 0. The van der Waals surface area contributed by atoms with E-state index in [4.69, 9.17) is 0 Å². The Bertz CT molecular complexity index is 168. The predicted octanol–water partition coefficient (Wildman–Crippen LogP) is 4.60. The molecule has 0 aliphatic carbocycles. The van der Waals surface area contributed by atoms with Crippen LogP contribution in [0.2, 0.25) is 0 Å². The zero-order valence-corrected chi connectivity index (χ0v) is 10.9. The van der Waals surface area contributed by atoms with Gasteiger partial charge < -0.3 is 4.31 Å². The van der Waals surface area contributed by atoms with Gasteiger partial charge in [-0.1, -0.05) is 57.9 Å². The van der Waals surface area contributed by atoms with E-state index >= 15 is 0 Å². The minimum Gasteiger partial charge on any atom is -0.323 e. The molecule has 0 bridgehead atoms. The number of rotatable bonds is 9. The number of unbranched alkanes of at least 4 members (excludes halogenated alkanes) is 7. The highest BCUT2D eigenvalue weighted by molar-refractivity contribution is 7.97. The van der Waals surface area contributed by atoms with E-state index in [1.807, 2.05) is 11.9 Å². The van der Waals surface area contributed by atoms with E-state index in [0.29, 0.717) is 0 Å². The number of nitrogens with zero attached hydrogens (tertiary/aromatic N) is 1. The van der Waals surface area contributed by atoms with Gasteiger partial charge in [0, 0.05) is 18.5 Å². The van der Waals surface area contributed by atoms with Gasteiger partial charge >= 0.3 is 0 Å². The Morgan fingerprint density at radius 1 is 1.00 bits per heavy atom. The smallest absolute Gasteiger partial charge is 0.0331 e. The molecule has 0 saturated heterocycles. The van der Waals surface area contributed by atoms with E-state index in [2.05, 4.69) is 23.5 Å². The molecule has 0 fully saturated rings. The van der Waals surface area contributed by atoms with Crippen molar-refractivity contribution in [3.63, 3.8) is 0 Å². The van der Waals surface area contributed by atoms with Gasteiger partial charge in [-0.05, 0) is 18.4 Å². The summed E-state index contributed by atoms with van der Waals surface area (Å²) < 4.78 is 2.37. The van der Waals surface area contributed by atoms with Crippen LogP contribution in [0.1, 0.15) is 58.3 Å². The second-order valence-corrected chi connectivity index (χ2v) is 5.36. The van der Waals surface area contributed by atoms with Gasteiger partial charge in [0.05, 0.1) is 0 Å². The Morgan fingerprint density at radius 2 is 1.67 bits per heavy atom. The molecule has 0 saturated carbocycles.